The maximum absolute atomic E-state index is 13.0. The molecular weight excluding hydrogens is 378 g/mol. The lowest BCUT2D eigenvalue weighted by atomic mass is 9.68. The lowest BCUT2D eigenvalue weighted by molar-refractivity contribution is -0.180. The lowest BCUT2D eigenvalue weighted by Gasteiger charge is -2.54. The number of benzene rings is 1. The first kappa shape index (κ1) is 21.2. The van der Waals surface area contributed by atoms with Gasteiger partial charge in [0.05, 0.1) is 0 Å². The summed E-state index contributed by atoms with van der Waals surface area (Å²) in [5.74, 6) is 0. The molecule has 1 aromatic carbocycles. The van der Waals surface area contributed by atoms with Crippen molar-refractivity contribution in [3.63, 3.8) is 0 Å². The Morgan fingerprint density at radius 3 is 2.33 bits per heavy atom. The minimum atomic E-state index is -1.38. The molecule has 2 N–H and O–H groups in total. The molecule has 1 spiro atoms. The van der Waals surface area contributed by atoms with Crippen LogP contribution in [-0.4, -0.2) is 49.6 Å². The molecule has 2 fully saturated rings. The minimum Gasteiger partial charge on any atom is -0.437 e. The van der Waals surface area contributed by atoms with Crippen LogP contribution in [0.2, 0.25) is 0 Å². The van der Waals surface area contributed by atoms with E-state index in [4.69, 9.17) is 4.74 Å². The molecule has 6 nitrogen and oxygen atoms in total. The van der Waals surface area contributed by atoms with Gasteiger partial charge in [-0.1, -0.05) is 18.2 Å². The highest BCUT2D eigenvalue weighted by molar-refractivity contribution is 5.85. The summed E-state index contributed by atoms with van der Waals surface area (Å²) in [6, 6.07) is 8.32. The van der Waals surface area contributed by atoms with E-state index in [9.17, 15) is 9.90 Å². The summed E-state index contributed by atoms with van der Waals surface area (Å²) in [4.78, 5) is 14.5. The topological polar surface area (TPSA) is 66.7 Å². The van der Waals surface area contributed by atoms with E-state index in [0.717, 1.165) is 0 Å². The highest BCUT2D eigenvalue weighted by Gasteiger charge is 2.66. The molecule has 2 aliphatic heterocycles. The number of piperidine rings is 1. The molecule has 2 saturated heterocycles. The van der Waals surface area contributed by atoms with Gasteiger partial charge in [-0.2, -0.15) is 0 Å². The van der Waals surface area contributed by atoms with Gasteiger partial charge in [-0.3, -0.25) is 4.90 Å². The van der Waals surface area contributed by atoms with Crippen LogP contribution in [-0.2, 0) is 18.2 Å². The Hall–Kier alpha value is -2.05. The van der Waals surface area contributed by atoms with Crippen molar-refractivity contribution >= 4 is 17.0 Å². The number of hydrogen-bond acceptors (Lipinski definition) is 4. The number of aromatic nitrogens is 1. The van der Waals surface area contributed by atoms with E-state index in [1.807, 2.05) is 12.1 Å². The number of nitrogens with one attached hydrogen (secondary N) is 1. The van der Waals surface area contributed by atoms with Gasteiger partial charge >= 0.3 is 6.09 Å². The molecule has 0 aliphatic carbocycles. The molecule has 6 heteroatoms. The van der Waals surface area contributed by atoms with Gasteiger partial charge in [0.1, 0.15) is 0 Å². The second-order valence-electron chi connectivity index (χ2n) is 10.7. The third-order valence-corrected chi connectivity index (χ3v) is 7.14. The molecule has 1 atom stereocenters. The third-order valence-electron chi connectivity index (χ3n) is 7.14. The normalized spacial score (nSPS) is 27.1. The van der Waals surface area contributed by atoms with Crippen LogP contribution in [0.5, 0.6) is 0 Å². The van der Waals surface area contributed by atoms with Crippen LogP contribution >= 0.6 is 0 Å². The van der Waals surface area contributed by atoms with Gasteiger partial charge in [-0.05, 0) is 59.6 Å². The fraction of sp³-hybridized carbons (Fsp3) is 0.625. The molecule has 3 heterocycles. The van der Waals surface area contributed by atoms with Gasteiger partial charge in [0.2, 0.25) is 0 Å². The average molecular weight is 414 g/mol. The zero-order chi connectivity index (χ0) is 22.1. The van der Waals surface area contributed by atoms with Crippen molar-refractivity contribution in [2.45, 2.75) is 83.2 Å². The zero-order valence-corrected chi connectivity index (χ0v) is 19.3. The van der Waals surface area contributed by atoms with Gasteiger partial charge in [0.25, 0.3) is 0 Å². The zero-order valence-electron chi connectivity index (χ0n) is 19.3. The van der Waals surface area contributed by atoms with Gasteiger partial charge < -0.3 is 19.7 Å². The highest BCUT2D eigenvalue weighted by Crippen LogP contribution is 2.50. The molecule has 0 radical (unpaired) electrons. The molecule has 1 aromatic heterocycles. The van der Waals surface area contributed by atoms with Crippen LogP contribution in [0, 0.1) is 6.92 Å². The quantitative estimate of drug-likeness (QED) is 0.802. The third kappa shape index (κ3) is 3.12. The molecular formula is C24H35N3O3. The second kappa shape index (κ2) is 6.47. The maximum Gasteiger partial charge on any atom is 0.412 e. The largest absolute Gasteiger partial charge is 0.437 e. The van der Waals surface area contributed by atoms with Gasteiger partial charge in [-0.15, -0.1) is 0 Å². The number of ether oxygens (including phenoxy) is 1. The number of carbonyl (C=O) groups excluding carboxylic acids is 1. The standard InChI is InChI=1S/C24H35N3O3/c1-16-17(18-10-8-9-11-19(18)26(16)7)12-13-27-20(28)30-24(23(27,6)29)14-21(2,3)25-22(4,5)15-24/h8-11,25,29H,12-15H2,1-7H3/t23-/m0/s1. The van der Waals surface area contributed by atoms with Crippen LogP contribution < -0.4 is 5.32 Å². The first-order valence-electron chi connectivity index (χ1n) is 10.8. The van der Waals surface area contributed by atoms with Crippen molar-refractivity contribution in [1.82, 2.24) is 14.8 Å². The monoisotopic (exact) mass is 413 g/mol. The van der Waals surface area contributed by atoms with E-state index in [2.05, 4.69) is 63.7 Å². The number of amides is 1. The lowest BCUT2D eigenvalue weighted by Crippen LogP contribution is -2.70. The predicted molar refractivity (Wildman–Crippen MR) is 118 cm³/mol. The molecule has 0 unspecified atom stereocenters. The minimum absolute atomic E-state index is 0.256. The Kier molecular flexibility index (Phi) is 4.57. The predicted octanol–water partition coefficient (Wildman–Crippen LogP) is 3.87. The van der Waals surface area contributed by atoms with Crippen molar-refractivity contribution in [2.75, 3.05) is 6.54 Å². The first-order valence-corrected chi connectivity index (χ1v) is 10.8. The number of hydrogen-bond donors (Lipinski definition) is 2. The fourth-order valence-corrected chi connectivity index (χ4v) is 6.09. The van der Waals surface area contributed by atoms with E-state index in [-0.39, 0.29) is 11.1 Å². The van der Waals surface area contributed by atoms with Gasteiger partial charge in [0.15, 0.2) is 11.3 Å². The summed E-state index contributed by atoms with van der Waals surface area (Å²) < 4.78 is 8.18. The Morgan fingerprint density at radius 1 is 1.10 bits per heavy atom. The Morgan fingerprint density at radius 2 is 1.70 bits per heavy atom. The summed E-state index contributed by atoms with van der Waals surface area (Å²) >= 11 is 0. The van der Waals surface area contributed by atoms with E-state index in [1.165, 1.54) is 27.1 Å². The summed E-state index contributed by atoms with van der Waals surface area (Å²) in [7, 11) is 2.07. The van der Waals surface area contributed by atoms with Crippen molar-refractivity contribution in [3.8, 4) is 0 Å². The van der Waals surface area contributed by atoms with Crippen molar-refractivity contribution < 1.29 is 14.6 Å². The fourth-order valence-electron chi connectivity index (χ4n) is 6.09. The van der Waals surface area contributed by atoms with Crippen LogP contribution in [0.4, 0.5) is 4.79 Å². The molecule has 2 aliphatic rings. The molecule has 0 saturated carbocycles. The number of carbonyl (C=O) groups is 1. The number of aliphatic hydroxyl groups is 1. The summed E-state index contributed by atoms with van der Waals surface area (Å²) in [6.07, 6.45) is 1.36. The molecule has 2 aromatic rings. The van der Waals surface area contributed by atoms with E-state index in [1.54, 1.807) is 6.92 Å². The average Bonchev–Trinajstić information content (AvgIpc) is 2.92. The molecule has 30 heavy (non-hydrogen) atoms. The van der Waals surface area contributed by atoms with E-state index >= 15 is 0 Å². The van der Waals surface area contributed by atoms with Crippen molar-refractivity contribution in [2.24, 2.45) is 7.05 Å². The van der Waals surface area contributed by atoms with Crippen LogP contribution in [0.3, 0.4) is 0 Å². The van der Waals surface area contributed by atoms with Crippen LogP contribution in [0.1, 0.15) is 58.7 Å². The van der Waals surface area contributed by atoms with E-state index in [0.29, 0.717) is 25.8 Å². The van der Waals surface area contributed by atoms with E-state index < -0.39 is 17.4 Å². The molecule has 1 amide bonds. The summed E-state index contributed by atoms with van der Waals surface area (Å²) in [5, 5.41) is 16.5. The number of nitrogens with zero attached hydrogens (tertiary/aromatic N) is 2. The Labute approximate surface area is 179 Å². The van der Waals surface area contributed by atoms with Crippen LogP contribution in [0.25, 0.3) is 10.9 Å². The molecule has 4 rings (SSSR count). The number of para-hydroxylation sites is 1. The number of rotatable bonds is 3. The second-order valence-corrected chi connectivity index (χ2v) is 10.7. The Bertz CT molecular complexity index is 987. The summed E-state index contributed by atoms with van der Waals surface area (Å²) in [5.41, 5.74) is 0.752. The first-order chi connectivity index (χ1) is 13.8. The molecule has 0 bridgehead atoms. The smallest absolute Gasteiger partial charge is 0.412 e. The van der Waals surface area contributed by atoms with Crippen molar-refractivity contribution in [1.29, 1.82) is 0 Å². The highest BCUT2D eigenvalue weighted by atomic mass is 16.6. The summed E-state index contributed by atoms with van der Waals surface area (Å²) in [6.45, 7) is 12.7. The van der Waals surface area contributed by atoms with Gasteiger partial charge in [0, 0.05) is 54.1 Å². The SMILES string of the molecule is Cc1c(CCN2C(=O)OC3(CC(C)(C)NC(C)(C)C3)[C@]2(C)O)c2ccccc2n1C. The molecule has 164 valence electrons. The number of fused-ring (bicyclic) bond motifs is 1. The van der Waals surface area contributed by atoms with Crippen LogP contribution in [0.15, 0.2) is 24.3 Å². The van der Waals surface area contributed by atoms with Crippen molar-refractivity contribution in [3.05, 3.63) is 35.5 Å². The van der Waals surface area contributed by atoms with Gasteiger partial charge in [-0.25, -0.2) is 4.79 Å². The Balaban J connectivity index is 1.64. The number of aryl methyl sites for hydroxylation is 1. The maximum atomic E-state index is 13.0.